The number of carbonyl (C=O) groups excluding carboxylic acids is 2. The number of nitrogens with zero attached hydrogens (tertiary/aromatic N) is 3. The second-order valence-corrected chi connectivity index (χ2v) is 8.01. The van der Waals surface area contributed by atoms with Gasteiger partial charge in [0, 0.05) is 32.2 Å². The summed E-state index contributed by atoms with van der Waals surface area (Å²) in [4.78, 5) is 30.5. The molecule has 0 radical (unpaired) electrons. The summed E-state index contributed by atoms with van der Waals surface area (Å²) in [6, 6.07) is 15.8. The van der Waals surface area contributed by atoms with Crippen LogP contribution in [-0.4, -0.2) is 56.0 Å². The van der Waals surface area contributed by atoms with Crippen molar-refractivity contribution in [3.8, 4) is 5.75 Å². The van der Waals surface area contributed by atoms with Crippen LogP contribution in [0.4, 0.5) is 11.4 Å². The molecular weight excluding hydrogens is 378 g/mol. The van der Waals surface area contributed by atoms with Gasteiger partial charge in [0.1, 0.15) is 11.9 Å². The fourth-order valence-corrected chi connectivity index (χ4v) is 4.21. The summed E-state index contributed by atoms with van der Waals surface area (Å²) in [5.41, 5.74) is 2.98. The second-order valence-electron chi connectivity index (χ2n) is 8.01. The molecule has 6 heteroatoms. The number of benzene rings is 2. The highest BCUT2D eigenvalue weighted by Crippen LogP contribution is 2.33. The zero-order valence-corrected chi connectivity index (χ0v) is 17.7. The Morgan fingerprint density at radius 2 is 1.93 bits per heavy atom. The predicted octanol–water partition coefficient (Wildman–Crippen LogP) is 3.10. The lowest BCUT2D eigenvalue weighted by atomic mass is 10.1. The van der Waals surface area contributed by atoms with E-state index in [4.69, 9.17) is 4.74 Å². The van der Waals surface area contributed by atoms with E-state index in [0.29, 0.717) is 19.4 Å². The van der Waals surface area contributed by atoms with Crippen LogP contribution in [-0.2, 0) is 16.0 Å². The van der Waals surface area contributed by atoms with Crippen molar-refractivity contribution in [3.63, 3.8) is 0 Å². The SMILES string of the molecule is CCN1CC(CN(C)C(=O)Cc2ccc(N3CCCC3=O)cc2)Oc2ccccc21. The Balaban J connectivity index is 1.34. The summed E-state index contributed by atoms with van der Waals surface area (Å²) in [5.74, 6) is 1.11. The van der Waals surface area contributed by atoms with Crippen LogP contribution in [0.25, 0.3) is 0 Å². The first-order valence-electron chi connectivity index (χ1n) is 10.7. The molecule has 2 aromatic rings. The monoisotopic (exact) mass is 407 g/mol. The summed E-state index contributed by atoms with van der Waals surface area (Å²) in [6.07, 6.45) is 1.81. The molecule has 1 fully saturated rings. The Bertz CT molecular complexity index is 912. The van der Waals surface area contributed by atoms with Gasteiger partial charge in [-0.05, 0) is 43.2 Å². The molecule has 0 saturated carbocycles. The number of carbonyl (C=O) groups is 2. The predicted molar refractivity (Wildman–Crippen MR) is 118 cm³/mol. The van der Waals surface area contributed by atoms with Crippen molar-refractivity contribution in [2.75, 3.05) is 43.0 Å². The molecule has 2 aliphatic rings. The van der Waals surface area contributed by atoms with Gasteiger partial charge in [0.05, 0.1) is 25.2 Å². The molecule has 6 nitrogen and oxygen atoms in total. The molecule has 1 unspecified atom stereocenters. The lowest BCUT2D eigenvalue weighted by Gasteiger charge is -2.37. The number of rotatable bonds is 6. The van der Waals surface area contributed by atoms with Gasteiger partial charge in [-0.15, -0.1) is 0 Å². The Kier molecular flexibility index (Phi) is 5.93. The third-order valence-corrected chi connectivity index (χ3v) is 5.89. The summed E-state index contributed by atoms with van der Waals surface area (Å²) >= 11 is 0. The van der Waals surface area contributed by atoms with Crippen LogP contribution >= 0.6 is 0 Å². The van der Waals surface area contributed by atoms with Crippen molar-refractivity contribution in [1.29, 1.82) is 0 Å². The Hall–Kier alpha value is -3.02. The maximum Gasteiger partial charge on any atom is 0.227 e. The van der Waals surface area contributed by atoms with E-state index in [-0.39, 0.29) is 17.9 Å². The van der Waals surface area contributed by atoms with E-state index in [9.17, 15) is 9.59 Å². The van der Waals surface area contributed by atoms with Crippen LogP contribution < -0.4 is 14.5 Å². The number of ether oxygens (including phenoxy) is 1. The van der Waals surface area contributed by atoms with Gasteiger partial charge in [-0.1, -0.05) is 24.3 Å². The summed E-state index contributed by atoms with van der Waals surface area (Å²) in [6.45, 7) is 5.13. The van der Waals surface area contributed by atoms with Crippen LogP contribution in [0.1, 0.15) is 25.3 Å². The zero-order chi connectivity index (χ0) is 21.1. The Morgan fingerprint density at radius 3 is 2.63 bits per heavy atom. The van der Waals surface area contributed by atoms with Crippen molar-refractivity contribution < 1.29 is 14.3 Å². The molecule has 0 N–H and O–H groups in total. The average molecular weight is 408 g/mol. The molecule has 0 spiro atoms. The van der Waals surface area contributed by atoms with Crippen molar-refractivity contribution in [2.24, 2.45) is 0 Å². The van der Waals surface area contributed by atoms with Crippen LogP contribution in [0, 0.1) is 0 Å². The molecular formula is C24H29N3O3. The normalized spacial score (nSPS) is 18.2. The molecule has 30 heavy (non-hydrogen) atoms. The van der Waals surface area contributed by atoms with Crippen molar-refractivity contribution in [1.82, 2.24) is 4.90 Å². The number of likely N-dealkylation sites (N-methyl/N-ethyl adjacent to an activating group) is 2. The highest BCUT2D eigenvalue weighted by molar-refractivity contribution is 5.95. The number of anilines is 2. The van der Waals surface area contributed by atoms with Crippen LogP contribution in [0.5, 0.6) is 5.75 Å². The smallest absolute Gasteiger partial charge is 0.227 e. The van der Waals surface area contributed by atoms with Gasteiger partial charge in [0.15, 0.2) is 0 Å². The van der Waals surface area contributed by atoms with E-state index in [1.165, 1.54) is 0 Å². The lowest BCUT2D eigenvalue weighted by molar-refractivity contribution is -0.130. The van der Waals surface area contributed by atoms with E-state index < -0.39 is 0 Å². The maximum atomic E-state index is 12.8. The third kappa shape index (κ3) is 4.27. The standard InChI is InChI=1S/C24H29N3O3/c1-3-26-17-20(30-22-8-5-4-7-21(22)26)16-25(2)24(29)15-18-10-12-19(13-11-18)27-14-6-9-23(27)28/h4-5,7-8,10-13,20H,3,6,9,14-17H2,1-2H3. The van der Waals surface area contributed by atoms with Gasteiger partial charge in [-0.2, -0.15) is 0 Å². The number of amides is 2. The Labute approximate surface area is 178 Å². The average Bonchev–Trinajstić information content (AvgIpc) is 3.19. The minimum atomic E-state index is -0.0580. The molecule has 0 aliphatic carbocycles. The number of para-hydroxylation sites is 2. The fourth-order valence-electron chi connectivity index (χ4n) is 4.21. The third-order valence-electron chi connectivity index (χ3n) is 5.89. The van der Waals surface area contributed by atoms with Crippen LogP contribution in [0.2, 0.25) is 0 Å². The molecule has 2 aromatic carbocycles. The van der Waals surface area contributed by atoms with E-state index in [2.05, 4.69) is 17.9 Å². The highest BCUT2D eigenvalue weighted by Gasteiger charge is 2.27. The summed E-state index contributed by atoms with van der Waals surface area (Å²) < 4.78 is 6.14. The van der Waals surface area contributed by atoms with Gasteiger partial charge in [0.25, 0.3) is 0 Å². The second kappa shape index (κ2) is 8.78. The van der Waals surface area contributed by atoms with E-state index in [1.807, 2.05) is 54.4 Å². The summed E-state index contributed by atoms with van der Waals surface area (Å²) in [5, 5.41) is 0. The van der Waals surface area contributed by atoms with Crippen LogP contribution in [0.3, 0.4) is 0 Å². The lowest BCUT2D eigenvalue weighted by Crippen LogP contribution is -2.47. The first kappa shape index (κ1) is 20.3. The molecule has 0 aromatic heterocycles. The Morgan fingerprint density at radius 1 is 1.17 bits per heavy atom. The van der Waals surface area contributed by atoms with Gasteiger partial charge < -0.3 is 19.4 Å². The van der Waals surface area contributed by atoms with Crippen molar-refractivity contribution in [2.45, 2.75) is 32.3 Å². The topological polar surface area (TPSA) is 53.1 Å². The molecule has 2 heterocycles. The van der Waals surface area contributed by atoms with Gasteiger partial charge in [-0.25, -0.2) is 0 Å². The summed E-state index contributed by atoms with van der Waals surface area (Å²) in [7, 11) is 1.83. The molecule has 2 aliphatic heterocycles. The quantitative estimate of drug-likeness (QED) is 0.738. The minimum absolute atomic E-state index is 0.0580. The van der Waals surface area contributed by atoms with Gasteiger partial charge in [-0.3, -0.25) is 9.59 Å². The molecule has 1 atom stereocenters. The molecule has 0 bridgehead atoms. The van der Waals surface area contributed by atoms with E-state index in [0.717, 1.165) is 48.7 Å². The number of hydrogen-bond donors (Lipinski definition) is 0. The molecule has 2 amide bonds. The van der Waals surface area contributed by atoms with Crippen molar-refractivity contribution in [3.05, 3.63) is 54.1 Å². The zero-order valence-electron chi connectivity index (χ0n) is 17.7. The van der Waals surface area contributed by atoms with Crippen molar-refractivity contribution >= 4 is 23.2 Å². The van der Waals surface area contributed by atoms with E-state index in [1.54, 1.807) is 4.90 Å². The largest absolute Gasteiger partial charge is 0.485 e. The first-order valence-corrected chi connectivity index (χ1v) is 10.7. The highest BCUT2D eigenvalue weighted by atomic mass is 16.5. The fraction of sp³-hybridized carbons (Fsp3) is 0.417. The minimum Gasteiger partial charge on any atom is -0.485 e. The van der Waals surface area contributed by atoms with Crippen LogP contribution in [0.15, 0.2) is 48.5 Å². The number of hydrogen-bond acceptors (Lipinski definition) is 4. The first-order chi connectivity index (χ1) is 14.5. The number of fused-ring (bicyclic) bond motifs is 1. The molecule has 158 valence electrons. The van der Waals surface area contributed by atoms with Gasteiger partial charge >= 0.3 is 0 Å². The van der Waals surface area contributed by atoms with E-state index >= 15 is 0 Å². The van der Waals surface area contributed by atoms with Gasteiger partial charge in [0.2, 0.25) is 11.8 Å². The maximum absolute atomic E-state index is 12.8. The molecule has 4 rings (SSSR count). The molecule has 1 saturated heterocycles.